The predicted octanol–water partition coefficient (Wildman–Crippen LogP) is 2.26. The molecule has 0 fully saturated rings. The summed E-state index contributed by atoms with van der Waals surface area (Å²) in [6.45, 7) is 1.57. The van der Waals surface area contributed by atoms with Gasteiger partial charge in [-0.1, -0.05) is 18.2 Å². The molecule has 2 nitrogen and oxygen atoms in total. The quantitative estimate of drug-likeness (QED) is 0.765. The Morgan fingerprint density at radius 2 is 2.23 bits per heavy atom. The Kier molecular flexibility index (Phi) is 2.83. The van der Waals surface area contributed by atoms with Crippen molar-refractivity contribution in [1.82, 2.24) is 0 Å². The summed E-state index contributed by atoms with van der Waals surface area (Å²) in [4.78, 5) is 4.26. The second-order valence-electron chi connectivity index (χ2n) is 2.89. The molecule has 0 bridgehead atoms. The third-order valence-electron chi connectivity index (χ3n) is 1.95. The Balaban J connectivity index is 2.13. The fourth-order valence-electron chi connectivity index (χ4n) is 1.29. The highest BCUT2D eigenvalue weighted by Gasteiger charge is 2.09. The molecule has 0 radical (unpaired) electrons. The molecule has 13 heavy (non-hydrogen) atoms. The van der Waals surface area contributed by atoms with Crippen LogP contribution in [-0.4, -0.2) is 19.0 Å². The van der Waals surface area contributed by atoms with E-state index >= 15 is 0 Å². The number of hydrogen-bond donors (Lipinski definition) is 0. The summed E-state index contributed by atoms with van der Waals surface area (Å²) in [6, 6.07) is 8.31. The normalized spacial score (nSPS) is 15.3. The minimum atomic E-state index is 0.749. The molecule has 2 rings (SSSR count). The summed E-state index contributed by atoms with van der Waals surface area (Å²) in [5, 5.41) is 0. The van der Waals surface area contributed by atoms with Crippen molar-refractivity contribution in [3.05, 3.63) is 33.4 Å². The topological polar surface area (TPSA) is 21.6 Å². The van der Waals surface area contributed by atoms with Gasteiger partial charge in [-0.25, -0.2) is 0 Å². The summed E-state index contributed by atoms with van der Waals surface area (Å²) >= 11 is 2.34. The molecule has 0 unspecified atom stereocenters. The third-order valence-corrected chi connectivity index (χ3v) is 3.00. The Hall–Kier alpha value is -0.580. The molecule has 1 aliphatic heterocycles. The van der Waals surface area contributed by atoms with Crippen LogP contribution in [0.4, 0.5) is 0 Å². The predicted molar refractivity (Wildman–Crippen MR) is 61.1 cm³/mol. The summed E-state index contributed by atoms with van der Waals surface area (Å²) in [5.74, 6) is 0.879. The van der Waals surface area contributed by atoms with Gasteiger partial charge < -0.3 is 4.74 Å². The van der Waals surface area contributed by atoms with Crippen molar-refractivity contribution in [2.75, 3.05) is 13.2 Å². The smallest absolute Gasteiger partial charge is 0.187 e. The van der Waals surface area contributed by atoms with E-state index in [1.54, 1.807) is 0 Å². The number of rotatable bonds is 2. The van der Waals surface area contributed by atoms with Gasteiger partial charge in [-0.2, -0.15) is 0 Å². The molecule has 0 aliphatic carbocycles. The van der Waals surface area contributed by atoms with Crippen molar-refractivity contribution in [3.63, 3.8) is 0 Å². The van der Waals surface area contributed by atoms with Gasteiger partial charge in [-0.05, 0) is 34.2 Å². The van der Waals surface area contributed by atoms with Crippen molar-refractivity contribution in [2.24, 2.45) is 4.99 Å². The SMILES string of the molecule is Ic1ccccc1CC1=NCCO1. The molecule has 0 atom stereocenters. The Bertz CT molecular complexity index is 335. The Morgan fingerprint density at radius 1 is 1.38 bits per heavy atom. The maximum atomic E-state index is 5.36. The van der Waals surface area contributed by atoms with Crippen LogP contribution in [0.5, 0.6) is 0 Å². The summed E-state index contributed by atoms with van der Waals surface area (Å²) in [5.41, 5.74) is 1.30. The fraction of sp³-hybridized carbons (Fsp3) is 0.300. The Labute approximate surface area is 91.2 Å². The minimum Gasteiger partial charge on any atom is -0.479 e. The molecule has 0 aromatic heterocycles. The van der Waals surface area contributed by atoms with Crippen LogP contribution in [0.25, 0.3) is 0 Å². The average molecular weight is 287 g/mol. The van der Waals surface area contributed by atoms with Crippen molar-refractivity contribution in [2.45, 2.75) is 6.42 Å². The number of benzene rings is 1. The zero-order valence-corrected chi connectivity index (χ0v) is 9.32. The minimum absolute atomic E-state index is 0.749. The molecule has 1 aliphatic rings. The summed E-state index contributed by atoms with van der Waals surface area (Å²) in [7, 11) is 0. The highest BCUT2D eigenvalue weighted by molar-refractivity contribution is 14.1. The number of nitrogens with zero attached hydrogens (tertiary/aromatic N) is 1. The molecule has 3 heteroatoms. The maximum absolute atomic E-state index is 5.36. The van der Waals surface area contributed by atoms with Crippen LogP contribution in [0.3, 0.4) is 0 Å². The van der Waals surface area contributed by atoms with E-state index in [4.69, 9.17) is 4.74 Å². The van der Waals surface area contributed by atoms with Crippen LogP contribution >= 0.6 is 22.6 Å². The molecule has 0 amide bonds. The molecular formula is C10H10INO. The lowest BCUT2D eigenvalue weighted by Gasteiger charge is -2.03. The van der Waals surface area contributed by atoms with E-state index < -0.39 is 0 Å². The van der Waals surface area contributed by atoms with Gasteiger partial charge in [0.2, 0.25) is 0 Å². The van der Waals surface area contributed by atoms with E-state index in [1.165, 1.54) is 9.13 Å². The monoisotopic (exact) mass is 287 g/mol. The van der Waals surface area contributed by atoms with E-state index in [0.29, 0.717) is 0 Å². The second kappa shape index (κ2) is 4.09. The maximum Gasteiger partial charge on any atom is 0.187 e. The van der Waals surface area contributed by atoms with Crippen molar-refractivity contribution in [3.8, 4) is 0 Å². The van der Waals surface area contributed by atoms with Crippen LogP contribution in [0.15, 0.2) is 29.3 Å². The van der Waals surface area contributed by atoms with Gasteiger partial charge in [0.15, 0.2) is 5.90 Å². The number of aliphatic imine (C=N–C) groups is 1. The molecule has 0 spiro atoms. The van der Waals surface area contributed by atoms with Gasteiger partial charge in [-0.3, -0.25) is 4.99 Å². The van der Waals surface area contributed by atoms with Gasteiger partial charge in [0.05, 0.1) is 6.54 Å². The lowest BCUT2D eigenvalue weighted by atomic mass is 10.1. The highest BCUT2D eigenvalue weighted by Crippen LogP contribution is 2.13. The van der Waals surface area contributed by atoms with Gasteiger partial charge in [-0.15, -0.1) is 0 Å². The third kappa shape index (κ3) is 2.21. The molecule has 0 saturated heterocycles. The lowest BCUT2D eigenvalue weighted by Crippen LogP contribution is -2.04. The molecule has 1 aromatic rings. The first-order chi connectivity index (χ1) is 6.36. The largest absolute Gasteiger partial charge is 0.479 e. The molecule has 1 aromatic carbocycles. The van der Waals surface area contributed by atoms with Crippen molar-refractivity contribution >= 4 is 28.5 Å². The van der Waals surface area contributed by atoms with Crippen LogP contribution < -0.4 is 0 Å². The van der Waals surface area contributed by atoms with Crippen molar-refractivity contribution in [1.29, 1.82) is 0 Å². The van der Waals surface area contributed by atoms with E-state index in [0.717, 1.165) is 25.5 Å². The highest BCUT2D eigenvalue weighted by atomic mass is 127. The standard InChI is InChI=1S/C10H10INO/c11-9-4-2-1-3-8(9)7-10-12-5-6-13-10/h1-4H,5-7H2. The van der Waals surface area contributed by atoms with Crippen LogP contribution in [0, 0.1) is 3.57 Å². The molecular weight excluding hydrogens is 277 g/mol. The number of ether oxygens (including phenoxy) is 1. The number of hydrogen-bond acceptors (Lipinski definition) is 2. The van der Waals surface area contributed by atoms with Crippen molar-refractivity contribution < 1.29 is 4.74 Å². The zero-order chi connectivity index (χ0) is 9.10. The first-order valence-electron chi connectivity index (χ1n) is 4.26. The van der Waals surface area contributed by atoms with E-state index in [1.807, 2.05) is 12.1 Å². The van der Waals surface area contributed by atoms with Gasteiger partial charge in [0.1, 0.15) is 6.61 Å². The Morgan fingerprint density at radius 3 is 2.92 bits per heavy atom. The van der Waals surface area contributed by atoms with Gasteiger partial charge in [0.25, 0.3) is 0 Å². The number of halogens is 1. The van der Waals surface area contributed by atoms with E-state index in [-0.39, 0.29) is 0 Å². The van der Waals surface area contributed by atoms with Crippen LogP contribution in [0.2, 0.25) is 0 Å². The van der Waals surface area contributed by atoms with E-state index in [9.17, 15) is 0 Å². The lowest BCUT2D eigenvalue weighted by molar-refractivity contribution is 0.341. The second-order valence-corrected chi connectivity index (χ2v) is 4.05. The zero-order valence-electron chi connectivity index (χ0n) is 7.16. The van der Waals surface area contributed by atoms with Crippen LogP contribution in [-0.2, 0) is 11.2 Å². The van der Waals surface area contributed by atoms with Gasteiger partial charge in [0, 0.05) is 9.99 Å². The first-order valence-corrected chi connectivity index (χ1v) is 5.33. The first kappa shape index (κ1) is 8.99. The fourth-order valence-corrected chi connectivity index (χ4v) is 1.87. The molecule has 0 N–H and O–H groups in total. The summed E-state index contributed by atoms with van der Waals surface area (Å²) in [6.07, 6.45) is 0.832. The molecule has 1 heterocycles. The van der Waals surface area contributed by atoms with E-state index in [2.05, 4.69) is 39.7 Å². The summed E-state index contributed by atoms with van der Waals surface area (Å²) < 4.78 is 6.63. The molecule has 0 saturated carbocycles. The molecule has 68 valence electrons. The van der Waals surface area contributed by atoms with Gasteiger partial charge >= 0.3 is 0 Å². The van der Waals surface area contributed by atoms with Crippen LogP contribution in [0.1, 0.15) is 5.56 Å². The average Bonchev–Trinajstić information content (AvgIpc) is 2.61.